The molecule has 0 fully saturated rings. The number of rotatable bonds is 4. The Morgan fingerprint density at radius 2 is 2.35 bits per heavy atom. The smallest absolute Gasteiger partial charge is 0.191 e. The third-order valence-electron chi connectivity index (χ3n) is 2.40. The Hall–Kier alpha value is -1.42. The first-order chi connectivity index (χ1) is 8.25. The molecule has 5 heteroatoms. The van der Waals surface area contributed by atoms with Crippen molar-refractivity contribution in [2.75, 3.05) is 19.7 Å². The van der Waals surface area contributed by atoms with E-state index in [4.69, 9.17) is 16.3 Å². The highest BCUT2D eigenvalue weighted by atomic mass is 35.5. The summed E-state index contributed by atoms with van der Waals surface area (Å²) in [7, 11) is 0. The van der Waals surface area contributed by atoms with Gasteiger partial charge in [0.15, 0.2) is 5.96 Å². The van der Waals surface area contributed by atoms with Gasteiger partial charge in [0.05, 0.1) is 18.1 Å². The van der Waals surface area contributed by atoms with Crippen molar-refractivity contribution < 1.29 is 4.74 Å². The molecule has 2 rings (SSSR count). The van der Waals surface area contributed by atoms with E-state index >= 15 is 0 Å². The van der Waals surface area contributed by atoms with E-state index in [2.05, 4.69) is 22.5 Å². The molecule has 0 bridgehead atoms. The Balaban J connectivity index is 1.68. The number of guanidine groups is 1. The Morgan fingerprint density at radius 3 is 3.06 bits per heavy atom. The van der Waals surface area contributed by atoms with Crippen molar-refractivity contribution in [3.63, 3.8) is 0 Å². The van der Waals surface area contributed by atoms with E-state index < -0.39 is 0 Å². The Labute approximate surface area is 106 Å². The van der Waals surface area contributed by atoms with Gasteiger partial charge in [0.2, 0.25) is 0 Å². The highest BCUT2D eigenvalue weighted by molar-refractivity contribution is 6.32. The number of halogens is 1. The average Bonchev–Trinajstić information content (AvgIpc) is 2.73. The maximum Gasteiger partial charge on any atom is 0.191 e. The third kappa shape index (κ3) is 3.53. The summed E-state index contributed by atoms with van der Waals surface area (Å²) in [6.07, 6.45) is 0. The number of benzene rings is 1. The zero-order valence-electron chi connectivity index (χ0n) is 9.74. The number of hydrogen-bond acceptors (Lipinski definition) is 4. The molecule has 1 aromatic rings. The van der Waals surface area contributed by atoms with Crippen molar-refractivity contribution in [2.45, 2.75) is 13.0 Å². The lowest BCUT2D eigenvalue weighted by Gasteiger charge is -2.10. The Kier molecular flexibility index (Phi) is 4.09. The van der Waals surface area contributed by atoms with Crippen LogP contribution in [0.4, 0.5) is 0 Å². The SMILES string of the molecule is CC1CN=C(NCCOc2ccccc2Cl)N1. The first-order valence-corrected chi connectivity index (χ1v) is 6.05. The van der Waals surface area contributed by atoms with E-state index in [1.165, 1.54) is 0 Å². The lowest BCUT2D eigenvalue weighted by Crippen LogP contribution is -2.39. The lowest BCUT2D eigenvalue weighted by molar-refractivity contribution is 0.322. The van der Waals surface area contributed by atoms with Gasteiger partial charge in [0.1, 0.15) is 12.4 Å². The second-order valence-electron chi connectivity index (χ2n) is 3.94. The maximum absolute atomic E-state index is 5.97. The summed E-state index contributed by atoms with van der Waals surface area (Å²) in [5.74, 6) is 1.56. The minimum Gasteiger partial charge on any atom is -0.490 e. The topological polar surface area (TPSA) is 45.7 Å². The molecule has 0 spiro atoms. The van der Waals surface area contributed by atoms with Gasteiger partial charge in [-0.1, -0.05) is 23.7 Å². The van der Waals surface area contributed by atoms with Crippen LogP contribution in [0, 0.1) is 0 Å². The molecule has 0 amide bonds. The number of nitrogens with zero attached hydrogens (tertiary/aromatic N) is 1. The van der Waals surface area contributed by atoms with Crippen LogP contribution in [0.25, 0.3) is 0 Å². The summed E-state index contributed by atoms with van der Waals surface area (Å²) in [6.45, 7) is 4.18. The zero-order chi connectivity index (χ0) is 12.1. The van der Waals surface area contributed by atoms with Gasteiger partial charge >= 0.3 is 0 Å². The van der Waals surface area contributed by atoms with Crippen LogP contribution in [0.3, 0.4) is 0 Å². The molecule has 17 heavy (non-hydrogen) atoms. The van der Waals surface area contributed by atoms with Crippen LogP contribution in [0.2, 0.25) is 5.02 Å². The molecule has 0 radical (unpaired) electrons. The molecule has 1 aromatic carbocycles. The molecule has 92 valence electrons. The van der Waals surface area contributed by atoms with Crippen molar-refractivity contribution in [3.8, 4) is 5.75 Å². The molecule has 1 atom stereocenters. The number of nitrogens with one attached hydrogen (secondary N) is 2. The number of aliphatic imine (C=N–C) groups is 1. The van der Waals surface area contributed by atoms with Crippen LogP contribution in [0.1, 0.15) is 6.92 Å². The van der Waals surface area contributed by atoms with Gasteiger partial charge in [-0.3, -0.25) is 4.99 Å². The normalized spacial score (nSPS) is 18.5. The van der Waals surface area contributed by atoms with Crippen molar-refractivity contribution in [2.24, 2.45) is 4.99 Å². The molecule has 0 saturated carbocycles. The van der Waals surface area contributed by atoms with Crippen LogP contribution in [-0.2, 0) is 0 Å². The number of ether oxygens (including phenoxy) is 1. The highest BCUT2D eigenvalue weighted by Crippen LogP contribution is 2.22. The summed E-state index contributed by atoms with van der Waals surface area (Å²) in [5, 5.41) is 7.03. The molecule has 4 nitrogen and oxygen atoms in total. The van der Waals surface area contributed by atoms with Crippen molar-refractivity contribution in [1.29, 1.82) is 0 Å². The lowest BCUT2D eigenvalue weighted by atomic mass is 10.3. The van der Waals surface area contributed by atoms with Gasteiger partial charge in [-0.15, -0.1) is 0 Å². The first kappa shape index (κ1) is 12.0. The number of para-hydroxylation sites is 1. The van der Waals surface area contributed by atoms with E-state index in [0.717, 1.165) is 12.5 Å². The Morgan fingerprint density at radius 1 is 1.53 bits per heavy atom. The standard InChI is InChI=1S/C12H16ClN3O/c1-9-8-15-12(16-9)14-6-7-17-11-5-3-2-4-10(11)13/h2-5,9H,6-8H2,1H3,(H2,14,15,16). The van der Waals surface area contributed by atoms with Crippen molar-refractivity contribution >= 4 is 17.6 Å². The van der Waals surface area contributed by atoms with E-state index in [9.17, 15) is 0 Å². The summed E-state index contributed by atoms with van der Waals surface area (Å²) >= 11 is 5.97. The molecule has 1 heterocycles. The van der Waals surface area contributed by atoms with E-state index in [1.807, 2.05) is 24.3 Å². The molecular weight excluding hydrogens is 238 g/mol. The van der Waals surface area contributed by atoms with Gasteiger partial charge in [0, 0.05) is 6.04 Å². The van der Waals surface area contributed by atoms with Crippen LogP contribution < -0.4 is 15.4 Å². The summed E-state index contributed by atoms with van der Waals surface area (Å²) < 4.78 is 5.55. The summed E-state index contributed by atoms with van der Waals surface area (Å²) in [5.41, 5.74) is 0. The minimum atomic E-state index is 0.419. The monoisotopic (exact) mass is 253 g/mol. The van der Waals surface area contributed by atoms with Crippen LogP contribution in [0.5, 0.6) is 5.75 Å². The van der Waals surface area contributed by atoms with Crippen molar-refractivity contribution in [1.82, 2.24) is 10.6 Å². The number of hydrogen-bond donors (Lipinski definition) is 2. The molecule has 0 aromatic heterocycles. The van der Waals surface area contributed by atoms with Crippen molar-refractivity contribution in [3.05, 3.63) is 29.3 Å². The van der Waals surface area contributed by atoms with E-state index in [1.54, 1.807) is 0 Å². The molecule has 1 unspecified atom stereocenters. The maximum atomic E-state index is 5.97. The van der Waals surface area contributed by atoms with Gasteiger partial charge < -0.3 is 15.4 Å². The fraction of sp³-hybridized carbons (Fsp3) is 0.417. The second kappa shape index (κ2) is 5.77. The molecule has 0 saturated heterocycles. The third-order valence-corrected chi connectivity index (χ3v) is 2.71. The largest absolute Gasteiger partial charge is 0.490 e. The molecule has 1 aliphatic rings. The predicted molar refractivity (Wildman–Crippen MR) is 69.8 cm³/mol. The van der Waals surface area contributed by atoms with Gasteiger partial charge in [0.25, 0.3) is 0 Å². The molecule has 2 N–H and O–H groups in total. The molecule has 0 aliphatic carbocycles. The van der Waals surface area contributed by atoms with Crippen LogP contribution in [-0.4, -0.2) is 31.7 Å². The molecular formula is C12H16ClN3O. The average molecular weight is 254 g/mol. The highest BCUT2D eigenvalue weighted by Gasteiger charge is 2.11. The quantitative estimate of drug-likeness (QED) is 0.803. The Bertz CT molecular complexity index is 408. The predicted octanol–water partition coefficient (Wildman–Crippen LogP) is 1.66. The minimum absolute atomic E-state index is 0.419. The summed E-state index contributed by atoms with van der Waals surface area (Å²) in [6, 6.07) is 7.87. The second-order valence-corrected chi connectivity index (χ2v) is 4.35. The fourth-order valence-electron chi connectivity index (χ4n) is 1.55. The van der Waals surface area contributed by atoms with E-state index in [-0.39, 0.29) is 0 Å². The van der Waals surface area contributed by atoms with E-state index in [0.29, 0.717) is 30.0 Å². The zero-order valence-corrected chi connectivity index (χ0v) is 10.5. The molecule has 1 aliphatic heterocycles. The van der Waals surface area contributed by atoms with Crippen LogP contribution >= 0.6 is 11.6 Å². The van der Waals surface area contributed by atoms with Gasteiger partial charge in [-0.05, 0) is 19.1 Å². The van der Waals surface area contributed by atoms with Gasteiger partial charge in [-0.25, -0.2) is 0 Å². The first-order valence-electron chi connectivity index (χ1n) is 5.68. The summed E-state index contributed by atoms with van der Waals surface area (Å²) in [4.78, 5) is 4.29. The fourth-order valence-corrected chi connectivity index (χ4v) is 1.74. The van der Waals surface area contributed by atoms with Crippen LogP contribution in [0.15, 0.2) is 29.3 Å². The van der Waals surface area contributed by atoms with Gasteiger partial charge in [-0.2, -0.15) is 0 Å².